The first-order chi connectivity index (χ1) is 15.1. The maximum absolute atomic E-state index is 15.9. The zero-order valence-corrected chi connectivity index (χ0v) is 18.7. The number of rotatable bonds is 5. The highest BCUT2D eigenvalue weighted by Gasteiger charge is 2.53. The predicted molar refractivity (Wildman–Crippen MR) is 129 cm³/mol. The van der Waals surface area contributed by atoms with Crippen molar-refractivity contribution >= 4 is 64.6 Å². The van der Waals surface area contributed by atoms with E-state index in [0.717, 1.165) is 22.6 Å². The molecule has 12 radical (unpaired) electrons. The Morgan fingerprint density at radius 1 is 1.18 bits per heavy atom. The number of nitrogens with zero attached hydrogens (tertiary/aromatic N) is 2. The van der Waals surface area contributed by atoms with Crippen LogP contribution in [-0.2, 0) is 5.34 Å². The summed E-state index contributed by atoms with van der Waals surface area (Å²) in [6.07, 6.45) is 0.459. The second-order valence-electron chi connectivity index (χ2n) is 8.70. The summed E-state index contributed by atoms with van der Waals surface area (Å²) in [5.41, 5.74) is -1.10. The van der Waals surface area contributed by atoms with Gasteiger partial charge in [-0.3, -0.25) is 9.78 Å². The van der Waals surface area contributed by atoms with Crippen LogP contribution in [0.5, 0.6) is 0 Å². The van der Waals surface area contributed by atoms with E-state index in [1.807, 2.05) is 6.92 Å². The van der Waals surface area contributed by atoms with Gasteiger partial charge in [-0.1, -0.05) is 17.7 Å². The van der Waals surface area contributed by atoms with E-state index in [-0.39, 0.29) is 16.3 Å². The normalized spacial score (nSPS) is 19.2. The molecule has 4 nitrogen and oxygen atoms in total. The van der Waals surface area contributed by atoms with Crippen molar-refractivity contribution in [3.63, 3.8) is 0 Å². The van der Waals surface area contributed by atoms with Gasteiger partial charge in [-0.15, -0.1) is 0 Å². The summed E-state index contributed by atoms with van der Waals surface area (Å²) in [6, 6.07) is 6.60. The van der Waals surface area contributed by atoms with Crippen molar-refractivity contribution in [3.8, 4) is 0 Å². The molecular weight excluding hydrogens is 437 g/mol. The minimum Gasteiger partial charge on any atom is -0.362 e. The molecule has 33 heavy (non-hydrogen) atoms. The number of piperidine rings is 1. The number of pyridine rings is 1. The molecule has 0 unspecified atom stereocenters. The molecule has 156 valence electrons. The largest absolute Gasteiger partial charge is 0.362 e. The number of amides is 1. The van der Waals surface area contributed by atoms with Gasteiger partial charge in [-0.05, 0) is 65.6 Å². The summed E-state index contributed by atoms with van der Waals surface area (Å²) in [5, 5.41) is -3.49. The monoisotopic (exact) mass is 453 g/mol. The lowest BCUT2D eigenvalue weighted by molar-refractivity contribution is 0.00396. The number of alkyl halides is 1. The zero-order chi connectivity index (χ0) is 24.8. The molecule has 1 saturated heterocycles. The number of nitrogens with one attached hydrogen (secondary N) is 1. The van der Waals surface area contributed by atoms with Crippen LogP contribution in [0, 0.1) is 12.7 Å². The predicted octanol–water partition coefficient (Wildman–Crippen LogP) is 0.846. The number of carbonyl (C=O) groups is 1. The van der Waals surface area contributed by atoms with E-state index in [1.54, 1.807) is 18.3 Å². The number of hydrogen-bond donors (Lipinski definition) is 1. The van der Waals surface area contributed by atoms with Gasteiger partial charge in [-0.2, -0.15) is 0 Å². The van der Waals surface area contributed by atoms with Gasteiger partial charge in [0.15, 0.2) is 0 Å². The average molecular weight is 453 g/mol. The first-order valence-electron chi connectivity index (χ1n) is 9.96. The van der Waals surface area contributed by atoms with Crippen LogP contribution in [0.2, 0.25) is 5.02 Å². The number of likely N-dealkylation sites (tertiary alicyclic amines) is 1. The molecule has 0 spiro atoms. The number of benzene rings is 1. The molecule has 1 fully saturated rings. The van der Waals surface area contributed by atoms with Crippen molar-refractivity contribution in [3.05, 3.63) is 64.2 Å². The van der Waals surface area contributed by atoms with Gasteiger partial charge in [0, 0.05) is 24.0 Å². The van der Waals surface area contributed by atoms with E-state index in [9.17, 15) is 9.18 Å². The Morgan fingerprint density at radius 2 is 1.79 bits per heavy atom. The first kappa shape index (κ1) is 26.0. The van der Waals surface area contributed by atoms with Crippen molar-refractivity contribution in [2.24, 2.45) is 0 Å². The van der Waals surface area contributed by atoms with Crippen molar-refractivity contribution in [2.75, 3.05) is 6.54 Å². The molecule has 2 aromatic rings. The van der Waals surface area contributed by atoms with Gasteiger partial charge in [0.2, 0.25) is 0 Å². The van der Waals surface area contributed by atoms with E-state index in [2.05, 4.69) is 10.3 Å². The zero-order valence-electron chi connectivity index (χ0n) is 18.0. The lowest BCUT2D eigenvalue weighted by Gasteiger charge is -2.59. The summed E-state index contributed by atoms with van der Waals surface area (Å²) < 4.78 is 29.4. The van der Waals surface area contributed by atoms with Crippen LogP contribution >= 0.6 is 11.6 Å². The molecule has 0 saturated carbocycles. The summed E-state index contributed by atoms with van der Waals surface area (Å²) in [4.78, 5) is 18.0. The molecule has 1 aromatic heterocycles. The number of halogens is 3. The Morgan fingerprint density at radius 3 is 2.30 bits per heavy atom. The lowest BCUT2D eigenvalue weighted by atomic mass is 9.44. The highest BCUT2D eigenvalue weighted by Crippen LogP contribution is 2.42. The highest BCUT2D eigenvalue weighted by atomic mass is 35.5. The van der Waals surface area contributed by atoms with Gasteiger partial charge >= 0.3 is 0 Å². The van der Waals surface area contributed by atoms with E-state index in [1.165, 1.54) is 6.07 Å². The molecule has 1 aliphatic heterocycles. The summed E-state index contributed by atoms with van der Waals surface area (Å²) in [6.45, 7) is 1.40. The van der Waals surface area contributed by atoms with Crippen LogP contribution in [0.4, 0.5) is 8.78 Å². The van der Waals surface area contributed by atoms with Crippen molar-refractivity contribution in [2.45, 2.75) is 41.4 Å². The minimum atomic E-state index is -2.20. The molecule has 1 amide bonds. The third-order valence-corrected chi connectivity index (χ3v) is 5.72. The fraction of sp³-hybridized carbons (Fsp3) is 0.400. The molecule has 0 atom stereocenters. The molecular formula is C20H16B6ClF2N3O. The quantitative estimate of drug-likeness (QED) is 0.684. The Bertz CT molecular complexity index is 1040. The molecule has 1 aliphatic rings. The fourth-order valence-electron chi connectivity index (χ4n) is 3.99. The van der Waals surface area contributed by atoms with Crippen molar-refractivity contribution in [1.82, 2.24) is 15.2 Å². The molecule has 13 heteroatoms. The summed E-state index contributed by atoms with van der Waals surface area (Å²) >= 11 is 5.76. The Kier molecular flexibility index (Phi) is 6.96. The van der Waals surface area contributed by atoms with Crippen LogP contribution in [-0.4, -0.2) is 85.8 Å². The second kappa shape index (κ2) is 8.84. The molecule has 3 rings (SSSR count). The third-order valence-electron chi connectivity index (χ3n) is 5.44. The van der Waals surface area contributed by atoms with E-state index < -0.39 is 52.8 Å². The average Bonchev–Trinajstić information content (AvgIpc) is 2.67. The smallest absolute Gasteiger partial charge is 0.252 e. The number of hydrogen-bond acceptors (Lipinski definition) is 3. The van der Waals surface area contributed by atoms with Crippen LogP contribution in [0.3, 0.4) is 0 Å². The maximum Gasteiger partial charge on any atom is 0.252 e. The van der Waals surface area contributed by atoms with Crippen molar-refractivity contribution < 1.29 is 13.6 Å². The van der Waals surface area contributed by atoms with E-state index >= 15 is 4.39 Å². The van der Waals surface area contributed by atoms with Crippen molar-refractivity contribution in [1.29, 1.82) is 0 Å². The maximum atomic E-state index is 15.9. The molecule has 2 heterocycles. The number of aryl methyl sites for hydroxylation is 1. The standard InChI is InChI=1S/C20H16B6ClF2N3O/c1-11-2-5-15(30-7-11)20(25,26)31-10-17(29)8-18(21,22)32(19(23,24)9-17)16(33)12-3-4-14(28)13(27)6-12/h2-7,31H,8-10H2,1H3. The third kappa shape index (κ3) is 5.54. The van der Waals surface area contributed by atoms with Crippen LogP contribution in [0.25, 0.3) is 0 Å². The van der Waals surface area contributed by atoms with Crippen LogP contribution < -0.4 is 5.32 Å². The topological polar surface area (TPSA) is 45.2 Å². The molecule has 0 bridgehead atoms. The Balaban J connectivity index is 1.82. The van der Waals surface area contributed by atoms with Crippen LogP contribution in [0.1, 0.15) is 34.5 Å². The lowest BCUT2D eigenvalue weighted by Crippen LogP contribution is -2.73. The van der Waals surface area contributed by atoms with E-state index in [0.29, 0.717) is 0 Å². The number of aromatic nitrogens is 1. The minimum absolute atomic E-state index is 0.0696. The van der Waals surface area contributed by atoms with Gasteiger partial charge in [-0.25, -0.2) is 8.78 Å². The van der Waals surface area contributed by atoms with Gasteiger partial charge in [0.25, 0.3) is 5.91 Å². The number of carbonyl (C=O) groups excluding carboxylic acids is 1. The highest BCUT2D eigenvalue weighted by molar-refractivity contribution is 6.46. The molecule has 1 N–H and O–H groups in total. The summed E-state index contributed by atoms with van der Waals surface area (Å²) in [5.74, 6) is -1.56. The Labute approximate surface area is 205 Å². The van der Waals surface area contributed by atoms with Gasteiger partial charge in [0.05, 0.1) is 52.1 Å². The van der Waals surface area contributed by atoms with Crippen LogP contribution in [0.15, 0.2) is 36.5 Å². The second-order valence-corrected chi connectivity index (χ2v) is 9.11. The van der Waals surface area contributed by atoms with Gasteiger partial charge < -0.3 is 10.2 Å². The van der Waals surface area contributed by atoms with E-state index in [4.69, 9.17) is 58.7 Å². The molecule has 1 aromatic carbocycles. The SMILES string of the molecule is [B]C([B])(NCC1(F)CC([B])([B])N(C(=O)c2ccc(F)c(Cl)c2)C([B])([B])C1)c1ccc(C)cn1. The summed E-state index contributed by atoms with van der Waals surface area (Å²) in [7, 11) is 36.6. The molecule has 0 aliphatic carbocycles. The first-order valence-corrected chi connectivity index (χ1v) is 10.3. The Hall–Kier alpha value is -1.66. The van der Waals surface area contributed by atoms with Gasteiger partial charge in [0.1, 0.15) is 11.5 Å². The fourth-order valence-corrected chi connectivity index (χ4v) is 4.17.